The first-order valence-corrected chi connectivity index (χ1v) is 10.7. The van der Waals surface area contributed by atoms with E-state index in [-0.39, 0.29) is 5.91 Å². The van der Waals surface area contributed by atoms with Gasteiger partial charge in [0.1, 0.15) is 24.7 Å². The molecule has 1 amide bonds. The topological polar surface area (TPSA) is 73.3 Å². The summed E-state index contributed by atoms with van der Waals surface area (Å²) >= 11 is 0. The van der Waals surface area contributed by atoms with E-state index in [0.29, 0.717) is 25.5 Å². The highest BCUT2D eigenvalue weighted by Gasteiger charge is 2.13. The molecule has 4 aromatic rings. The van der Waals surface area contributed by atoms with Gasteiger partial charge in [0.2, 0.25) is 5.91 Å². The van der Waals surface area contributed by atoms with Crippen molar-refractivity contribution in [2.24, 2.45) is 0 Å². The maximum absolute atomic E-state index is 11.7. The smallest absolute Gasteiger partial charge is 0.224 e. The summed E-state index contributed by atoms with van der Waals surface area (Å²) in [6.45, 7) is 0.723. The van der Waals surface area contributed by atoms with Crippen LogP contribution in [0, 0.1) is 0 Å². The van der Waals surface area contributed by atoms with Crippen LogP contribution in [-0.2, 0) is 24.4 Å². The number of para-hydroxylation sites is 1. The van der Waals surface area contributed by atoms with Crippen LogP contribution >= 0.6 is 0 Å². The number of nitrogens with one attached hydrogen (secondary N) is 1. The molecule has 5 rings (SSSR count). The van der Waals surface area contributed by atoms with Crippen LogP contribution in [-0.4, -0.2) is 15.9 Å². The molecule has 1 aliphatic heterocycles. The zero-order valence-electron chi connectivity index (χ0n) is 17.6. The van der Waals surface area contributed by atoms with Crippen LogP contribution < -0.4 is 14.8 Å². The fourth-order valence-corrected chi connectivity index (χ4v) is 3.76. The SMILES string of the molecule is O=C1CCCc2cc(OCc3cccc(OCc4ncc5ccccc5n4)c3)ccc2N1. The van der Waals surface area contributed by atoms with Crippen molar-refractivity contribution in [2.75, 3.05) is 5.32 Å². The van der Waals surface area contributed by atoms with Crippen LogP contribution in [0.4, 0.5) is 5.69 Å². The number of aromatic nitrogens is 2. The Morgan fingerprint density at radius 3 is 2.72 bits per heavy atom. The first-order valence-electron chi connectivity index (χ1n) is 10.7. The van der Waals surface area contributed by atoms with Crippen molar-refractivity contribution in [3.8, 4) is 11.5 Å². The third-order valence-electron chi connectivity index (χ3n) is 5.41. The molecule has 32 heavy (non-hydrogen) atoms. The minimum Gasteiger partial charge on any atom is -0.489 e. The minimum absolute atomic E-state index is 0.0725. The van der Waals surface area contributed by atoms with Crippen molar-refractivity contribution in [3.05, 3.63) is 89.9 Å². The summed E-state index contributed by atoms with van der Waals surface area (Å²) in [7, 11) is 0. The number of carbonyl (C=O) groups excluding carboxylic acids is 1. The molecule has 1 aromatic heterocycles. The van der Waals surface area contributed by atoms with Gasteiger partial charge in [0.15, 0.2) is 5.82 Å². The largest absolute Gasteiger partial charge is 0.489 e. The number of amides is 1. The quantitative estimate of drug-likeness (QED) is 0.467. The molecular formula is C26H23N3O3. The van der Waals surface area contributed by atoms with E-state index >= 15 is 0 Å². The molecule has 1 N–H and O–H groups in total. The number of carbonyl (C=O) groups is 1. The lowest BCUT2D eigenvalue weighted by atomic mass is 10.1. The fourth-order valence-electron chi connectivity index (χ4n) is 3.76. The van der Waals surface area contributed by atoms with Crippen molar-refractivity contribution in [3.63, 3.8) is 0 Å². The number of hydrogen-bond donors (Lipinski definition) is 1. The maximum Gasteiger partial charge on any atom is 0.224 e. The second-order valence-electron chi connectivity index (χ2n) is 7.79. The fraction of sp³-hybridized carbons (Fsp3) is 0.192. The van der Waals surface area contributed by atoms with Crippen molar-refractivity contribution >= 4 is 22.5 Å². The molecular weight excluding hydrogens is 402 g/mol. The zero-order valence-corrected chi connectivity index (χ0v) is 17.6. The van der Waals surface area contributed by atoms with Crippen LogP contribution in [0.1, 0.15) is 29.8 Å². The molecule has 6 heteroatoms. The Bertz CT molecular complexity index is 1270. The summed E-state index contributed by atoms with van der Waals surface area (Å²) in [6.07, 6.45) is 4.09. The molecule has 0 saturated heterocycles. The Morgan fingerprint density at radius 2 is 1.75 bits per heavy atom. The van der Waals surface area contributed by atoms with Gasteiger partial charge < -0.3 is 14.8 Å². The van der Waals surface area contributed by atoms with Gasteiger partial charge in [0.25, 0.3) is 0 Å². The lowest BCUT2D eigenvalue weighted by Crippen LogP contribution is -2.09. The Balaban J connectivity index is 1.21. The monoisotopic (exact) mass is 425 g/mol. The van der Waals surface area contributed by atoms with Gasteiger partial charge >= 0.3 is 0 Å². The highest BCUT2D eigenvalue weighted by atomic mass is 16.5. The molecule has 0 saturated carbocycles. The molecule has 0 aliphatic carbocycles. The number of hydrogen-bond acceptors (Lipinski definition) is 5. The Kier molecular flexibility index (Phi) is 5.66. The van der Waals surface area contributed by atoms with E-state index in [0.717, 1.165) is 52.1 Å². The van der Waals surface area contributed by atoms with E-state index in [1.807, 2.05) is 72.9 Å². The van der Waals surface area contributed by atoms with Crippen molar-refractivity contribution in [1.82, 2.24) is 9.97 Å². The normalized spacial score (nSPS) is 13.2. The molecule has 0 unspecified atom stereocenters. The predicted octanol–water partition coefficient (Wildman–Crippen LogP) is 5.06. The summed E-state index contributed by atoms with van der Waals surface area (Å²) in [5.74, 6) is 2.24. The van der Waals surface area contributed by atoms with Crippen LogP contribution in [0.5, 0.6) is 11.5 Å². The van der Waals surface area contributed by atoms with Crippen LogP contribution in [0.15, 0.2) is 72.9 Å². The lowest BCUT2D eigenvalue weighted by molar-refractivity contribution is -0.116. The molecule has 6 nitrogen and oxygen atoms in total. The molecule has 1 aliphatic rings. The van der Waals surface area contributed by atoms with Gasteiger partial charge in [-0.05, 0) is 60.4 Å². The van der Waals surface area contributed by atoms with E-state index in [1.54, 1.807) is 0 Å². The van der Waals surface area contributed by atoms with Gasteiger partial charge in [-0.25, -0.2) is 9.97 Å². The van der Waals surface area contributed by atoms with Crippen molar-refractivity contribution in [1.29, 1.82) is 0 Å². The molecule has 3 aromatic carbocycles. The predicted molar refractivity (Wildman–Crippen MR) is 123 cm³/mol. The summed E-state index contributed by atoms with van der Waals surface area (Å²) in [4.78, 5) is 20.6. The number of anilines is 1. The molecule has 0 spiro atoms. The molecule has 2 heterocycles. The number of ether oxygens (including phenoxy) is 2. The average molecular weight is 425 g/mol. The number of fused-ring (bicyclic) bond motifs is 2. The Labute approximate surface area is 186 Å². The highest BCUT2D eigenvalue weighted by molar-refractivity contribution is 5.92. The van der Waals surface area contributed by atoms with E-state index in [1.165, 1.54) is 0 Å². The van der Waals surface area contributed by atoms with Gasteiger partial charge in [-0.1, -0.05) is 30.3 Å². The number of benzene rings is 3. The maximum atomic E-state index is 11.7. The van der Waals surface area contributed by atoms with Gasteiger partial charge in [-0.2, -0.15) is 0 Å². The second kappa shape index (κ2) is 9.06. The Morgan fingerprint density at radius 1 is 0.875 bits per heavy atom. The summed E-state index contributed by atoms with van der Waals surface area (Å²) in [5.41, 5.74) is 3.90. The first-order chi connectivity index (χ1) is 15.7. The summed E-state index contributed by atoms with van der Waals surface area (Å²) < 4.78 is 11.9. The minimum atomic E-state index is 0.0725. The average Bonchev–Trinajstić information content (AvgIpc) is 3.01. The third-order valence-corrected chi connectivity index (χ3v) is 5.41. The first kappa shape index (κ1) is 20.0. The molecule has 160 valence electrons. The van der Waals surface area contributed by atoms with Crippen molar-refractivity contribution in [2.45, 2.75) is 32.5 Å². The molecule has 0 atom stereocenters. The number of aryl methyl sites for hydroxylation is 1. The summed E-state index contributed by atoms with van der Waals surface area (Å²) in [6, 6.07) is 21.5. The van der Waals surface area contributed by atoms with Crippen LogP contribution in [0.3, 0.4) is 0 Å². The van der Waals surface area contributed by atoms with Gasteiger partial charge in [0.05, 0.1) is 5.52 Å². The van der Waals surface area contributed by atoms with Crippen LogP contribution in [0.25, 0.3) is 10.9 Å². The van der Waals surface area contributed by atoms with E-state index in [2.05, 4.69) is 15.3 Å². The third kappa shape index (κ3) is 4.70. The molecule has 0 bridgehead atoms. The van der Waals surface area contributed by atoms with Crippen molar-refractivity contribution < 1.29 is 14.3 Å². The van der Waals surface area contributed by atoms with E-state index in [4.69, 9.17) is 9.47 Å². The molecule has 0 radical (unpaired) electrons. The second-order valence-corrected chi connectivity index (χ2v) is 7.79. The van der Waals surface area contributed by atoms with Crippen LogP contribution in [0.2, 0.25) is 0 Å². The molecule has 0 fully saturated rings. The number of rotatable bonds is 6. The van der Waals surface area contributed by atoms with Gasteiger partial charge in [-0.15, -0.1) is 0 Å². The van der Waals surface area contributed by atoms with Gasteiger partial charge in [0, 0.05) is 23.7 Å². The highest BCUT2D eigenvalue weighted by Crippen LogP contribution is 2.27. The standard InChI is InChI=1S/C26H23N3O3/c30-26-10-4-7-19-14-22(11-12-24(19)29-26)31-16-18-5-3-8-21(13-18)32-17-25-27-15-20-6-1-2-9-23(20)28-25/h1-3,5-6,8-9,11-15H,4,7,10,16-17H2,(H,29,30). The zero-order chi connectivity index (χ0) is 21.8. The summed E-state index contributed by atoms with van der Waals surface area (Å²) in [5, 5.41) is 3.96. The van der Waals surface area contributed by atoms with E-state index < -0.39 is 0 Å². The Hall–Kier alpha value is -3.93. The van der Waals surface area contributed by atoms with E-state index in [9.17, 15) is 4.79 Å². The number of nitrogens with zero attached hydrogens (tertiary/aromatic N) is 2. The van der Waals surface area contributed by atoms with Gasteiger partial charge in [-0.3, -0.25) is 4.79 Å². The lowest BCUT2D eigenvalue weighted by Gasteiger charge is -2.12.